The molecule has 0 aliphatic heterocycles. The fourth-order valence-electron chi connectivity index (χ4n) is 2.07. The zero-order valence-corrected chi connectivity index (χ0v) is 16.5. The number of carbonyl (C=O) groups excluding carboxylic acids is 2. The molecule has 0 amide bonds. The van der Waals surface area contributed by atoms with Crippen molar-refractivity contribution in [2.24, 2.45) is 0 Å². The zero-order chi connectivity index (χ0) is 20.2. The van der Waals surface area contributed by atoms with Gasteiger partial charge in [-0.1, -0.05) is 0 Å². The van der Waals surface area contributed by atoms with E-state index < -0.39 is 23.1 Å². The molecule has 0 bridgehead atoms. The minimum atomic E-state index is -0.615. The van der Waals surface area contributed by atoms with Gasteiger partial charge in [0.05, 0.1) is 0 Å². The lowest BCUT2D eigenvalue weighted by molar-refractivity contribution is 0.00369. The largest absolute Gasteiger partial charge is 0.617 e. The Bertz CT molecular complexity index is 731. The maximum absolute atomic E-state index is 12.2. The van der Waals surface area contributed by atoms with E-state index in [1.807, 2.05) is 0 Å². The molecule has 0 N–H and O–H groups in total. The van der Waals surface area contributed by atoms with Crippen molar-refractivity contribution >= 4 is 19.6 Å². The van der Waals surface area contributed by atoms with Gasteiger partial charge in [0.2, 0.25) is 0 Å². The summed E-state index contributed by atoms with van der Waals surface area (Å²) in [5, 5.41) is 0. The van der Waals surface area contributed by atoms with Crippen LogP contribution < -0.4 is 9.51 Å². The summed E-state index contributed by atoms with van der Waals surface area (Å²) >= 11 is 0. The summed E-state index contributed by atoms with van der Waals surface area (Å²) in [5.74, 6) is -1.02. The molecule has 0 fully saturated rings. The second-order valence-corrected chi connectivity index (χ2v) is 7.82. The van der Waals surface area contributed by atoms with Gasteiger partial charge in [-0.2, -0.15) is 0 Å². The van der Waals surface area contributed by atoms with Gasteiger partial charge in [-0.25, -0.2) is 19.0 Å². The predicted octanol–water partition coefficient (Wildman–Crippen LogP) is 2.02. The lowest BCUT2D eigenvalue weighted by atomic mass is 10.2. The minimum Gasteiger partial charge on any atom is -0.455 e. The normalized spacial score (nSPS) is 11.6. The second-order valence-electron chi connectivity index (χ2n) is 7.82. The lowest BCUT2D eigenvalue weighted by Gasteiger charge is -2.20. The van der Waals surface area contributed by atoms with Crippen LogP contribution in [0, 0.1) is 0 Å². The molecule has 0 aromatic carbocycles. The molecule has 146 valence electrons. The molecule has 2 heterocycles. The van der Waals surface area contributed by atoms with Crippen LogP contribution in [0.15, 0.2) is 36.7 Å². The molecule has 9 heteroatoms. The average Bonchev–Trinajstić information content (AvgIpc) is 3.12. The third kappa shape index (κ3) is 6.12. The first-order valence-electron chi connectivity index (χ1n) is 8.54. The fourth-order valence-corrected chi connectivity index (χ4v) is 2.07. The molecule has 2 aromatic rings. The van der Waals surface area contributed by atoms with Gasteiger partial charge in [0.25, 0.3) is 0 Å². The fraction of sp³-hybridized carbons (Fsp3) is 0.444. The van der Waals surface area contributed by atoms with Crippen molar-refractivity contribution in [3.05, 3.63) is 48.0 Å². The van der Waals surface area contributed by atoms with Crippen LogP contribution in [-0.2, 0) is 9.47 Å². The van der Waals surface area contributed by atoms with Gasteiger partial charge >= 0.3 is 19.6 Å². The van der Waals surface area contributed by atoms with E-state index in [2.05, 4.69) is 0 Å². The van der Waals surface area contributed by atoms with Crippen molar-refractivity contribution in [1.29, 1.82) is 0 Å². The van der Waals surface area contributed by atoms with Crippen LogP contribution in [-0.4, -0.2) is 40.3 Å². The average molecular weight is 376 g/mol. The summed E-state index contributed by atoms with van der Waals surface area (Å²) < 4.78 is 24.0. The van der Waals surface area contributed by atoms with Gasteiger partial charge in [-0.15, -0.1) is 0 Å². The van der Waals surface area contributed by atoms with E-state index in [1.54, 1.807) is 78.2 Å². The minimum absolute atomic E-state index is 0.230. The first-order valence-corrected chi connectivity index (χ1v) is 8.54. The van der Waals surface area contributed by atoms with E-state index in [0.717, 1.165) is 0 Å². The van der Waals surface area contributed by atoms with Gasteiger partial charge in [0.15, 0.2) is 11.4 Å². The van der Waals surface area contributed by atoms with E-state index in [9.17, 15) is 9.59 Å². The number of hydrogen-bond acceptors (Lipinski definition) is 6. The van der Waals surface area contributed by atoms with Crippen LogP contribution in [0.1, 0.15) is 62.5 Å². The standard InChI is InChI=1S/C18H25BN2O6/c1-17(2,3)24-15(22)13-9-7-11-20(13)26-19-27-21-12-8-10-14(21)16(23)25-18(4,5)6/h7-12,19H,1-6H3. The third-order valence-corrected chi connectivity index (χ3v) is 3.03. The molecule has 2 rings (SSSR count). The topological polar surface area (TPSA) is 80.9 Å². The Hall–Kier alpha value is -2.84. The summed E-state index contributed by atoms with van der Waals surface area (Å²) in [5.41, 5.74) is -0.770. The van der Waals surface area contributed by atoms with Crippen molar-refractivity contribution in [1.82, 2.24) is 9.46 Å². The second kappa shape index (κ2) is 7.81. The van der Waals surface area contributed by atoms with E-state index in [1.165, 1.54) is 9.46 Å². The van der Waals surface area contributed by atoms with Crippen LogP contribution >= 0.6 is 0 Å². The number of esters is 2. The number of nitrogens with zero attached hydrogens (tertiary/aromatic N) is 2. The van der Waals surface area contributed by atoms with Crippen molar-refractivity contribution < 1.29 is 28.6 Å². The number of rotatable bonds is 6. The molecule has 8 nitrogen and oxygen atoms in total. The highest BCUT2D eigenvalue weighted by Gasteiger charge is 2.23. The number of aromatic nitrogens is 2. The van der Waals surface area contributed by atoms with Gasteiger partial charge in [-0.3, -0.25) is 0 Å². The van der Waals surface area contributed by atoms with E-state index in [4.69, 9.17) is 19.0 Å². The van der Waals surface area contributed by atoms with Crippen LogP contribution in [0.3, 0.4) is 0 Å². The lowest BCUT2D eigenvalue weighted by Crippen LogP contribution is -2.32. The van der Waals surface area contributed by atoms with Crippen molar-refractivity contribution in [3.8, 4) is 0 Å². The molecular formula is C18H25BN2O6. The smallest absolute Gasteiger partial charge is 0.455 e. The van der Waals surface area contributed by atoms with Gasteiger partial charge in [0.1, 0.15) is 11.2 Å². The Morgan fingerprint density at radius 2 is 1.15 bits per heavy atom. The van der Waals surface area contributed by atoms with Gasteiger partial charge in [-0.05, 0) is 65.8 Å². The van der Waals surface area contributed by atoms with E-state index >= 15 is 0 Å². The highest BCUT2D eigenvalue weighted by molar-refractivity contribution is 6.18. The first kappa shape index (κ1) is 20.5. The molecule has 27 heavy (non-hydrogen) atoms. The summed E-state index contributed by atoms with van der Waals surface area (Å²) in [6.45, 7) is 10.7. The van der Waals surface area contributed by atoms with Gasteiger partial charge < -0.3 is 19.0 Å². The number of hydrogen-bond donors (Lipinski definition) is 0. The van der Waals surface area contributed by atoms with Gasteiger partial charge in [0, 0.05) is 12.4 Å². The molecule has 0 spiro atoms. The highest BCUT2D eigenvalue weighted by Crippen LogP contribution is 2.13. The monoisotopic (exact) mass is 376 g/mol. The Morgan fingerprint density at radius 3 is 1.48 bits per heavy atom. The van der Waals surface area contributed by atoms with Crippen LogP contribution in [0.25, 0.3) is 0 Å². The first-order chi connectivity index (χ1) is 12.5. The number of carbonyl (C=O) groups is 2. The van der Waals surface area contributed by atoms with Crippen molar-refractivity contribution in [2.75, 3.05) is 0 Å². The maximum atomic E-state index is 12.2. The Balaban J connectivity index is 1.97. The Kier molecular flexibility index (Phi) is 5.93. The van der Waals surface area contributed by atoms with E-state index in [0.29, 0.717) is 0 Å². The van der Waals surface area contributed by atoms with Crippen molar-refractivity contribution in [2.45, 2.75) is 52.7 Å². The molecule has 0 aliphatic rings. The molecule has 0 atom stereocenters. The van der Waals surface area contributed by atoms with Crippen LogP contribution in [0.2, 0.25) is 0 Å². The summed E-state index contributed by atoms with van der Waals surface area (Å²) in [7, 11) is -0.241. The molecule has 0 saturated heterocycles. The Morgan fingerprint density at radius 1 is 0.778 bits per heavy atom. The van der Waals surface area contributed by atoms with Crippen LogP contribution in [0.4, 0.5) is 0 Å². The number of ether oxygens (including phenoxy) is 2. The summed E-state index contributed by atoms with van der Waals surface area (Å²) in [6.07, 6.45) is 3.13. The highest BCUT2D eigenvalue weighted by atomic mass is 16.8. The van der Waals surface area contributed by atoms with Crippen LogP contribution in [0.5, 0.6) is 0 Å². The SMILES string of the molecule is CC(C)(C)OC(=O)c1cccn1OBOn1cccc1C(=O)OC(C)(C)C. The summed E-state index contributed by atoms with van der Waals surface area (Å²) in [4.78, 5) is 24.4. The third-order valence-electron chi connectivity index (χ3n) is 3.03. The van der Waals surface area contributed by atoms with Crippen molar-refractivity contribution in [3.63, 3.8) is 0 Å². The zero-order valence-electron chi connectivity index (χ0n) is 16.5. The summed E-state index contributed by atoms with van der Waals surface area (Å²) in [6, 6.07) is 6.47. The predicted molar refractivity (Wildman–Crippen MR) is 99.5 cm³/mol. The molecule has 0 saturated carbocycles. The quantitative estimate of drug-likeness (QED) is 0.567. The molecule has 0 aliphatic carbocycles. The maximum Gasteiger partial charge on any atom is 0.617 e. The molecule has 2 aromatic heterocycles. The molecular weight excluding hydrogens is 351 g/mol. The Labute approximate surface area is 159 Å². The van der Waals surface area contributed by atoms with E-state index in [-0.39, 0.29) is 19.1 Å². The molecule has 0 unspecified atom stereocenters. The molecule has 0 radical (unpaired) electrons.